The Morgan fingerprint density at radius 1 is 0.433 bits per heavy atom. The fourth-order valence-electron chi connectivity index (χ4n) is 6.79. The van der Waals surface area contributed by atoms with E-state index in [-0.39, 0.29) is 4.90 Å². The Bertz CT molecular complexity index is 5400. The van der Waals surface area contributed by atoms with E-state index in [1.54, 1.807) is 0 Å². The molecule has 0 fully saturated rings. The average Bonchev–Trinajstić information content (AvgIpc) is 1.52. The Morgan fingerprint density at radius 3 is 1.77 bits per heavy atom. The van der Waals surface area contributed by atoms with E-state index in [1.165, 1.54) is 0 Å². The van der Waals surface area contributed by atoms with Crippen LogP contribution in [0.2, 0.25) is 0 Å². The Balaban J connectivity index is 1.35. The fraction of sp³-hybridized carbons (Fsp3) is 0.0690. The highest BCUT2D eigenvalue weighted by Crippen LogP contribution is 2.52. The van der Waals surface area contributed by atoms with Crippen LogP contribution in [0.4, 0.5) is 17.1 Å². The maximum Gasteiger partial charge on any atom is 0.0651 e. The van der Waals surface area contributed by atoms with Gasteiger partial charge < -0.3 is 9.47 Å². The van der Waals surface area contributed by atoms with Crippen LogP contribution in [0.15, 0.2) is 211 Å². The lowest BCUT2D eigenvalue weighted by molar-refractivity contribution is 0.660. The first-order chi connectivity index (χ1) is 46.5. The summed E-state index contributed by atoms with van der Waals surface area (Å²) in [4.78, 5) is 0.235. The summed E-state index contributed by atoms with van der Waals surface area (Å²) >= 11 is 0. The van der Waals surface area contributed by atoms with E-state index >= 15 is 0 Å². The average molecular weight is 810 g/mol. The molecule has 0 saturated carbocycles. The third-order valence-corrected chi connectivity index (χ3v) is 9.49. The summed E-state index contributed by atoms with van der Waals surface area (Å²) in [5.74, 6) is 0. The Hall–Kier alpha value is -7.42. The minimum Gasteiger partial charge on any atom is -0.310 e. The second kappa shape index (κ2) is 14.1. The first-order valence-corrected chi connectivity index (χ1v) is 17.6. The highest BCUT2D eigenvalue weighted by atomic mass is 15.1. The van der Waals surface area contributed by atoms with Gasteiger partial charge in [-0.05, 0) is 135 Å². The van der Waals surface area contributed by atoms with Crippen molar-refractivity contribution in [3.8, 4) is 50.2 Å². The summed E-state index contributed by atoms with van der Waals surface area (Å²) in [6, 6.07) is -40.8. The summed E-state index contributed by atoms with van der Waals surface area (Å²) in [6.45, 7) is -7.24. The second-order valence-corrected chi connectivity index (χ2v) is 13.0. The van der Waals surface area contributed by atoms with E-state index in [9.17, 15) is 21.9 Å². The quantitative estimate of drug-likeness (QED) is 0.156. The molecule has 0 bridgehead atoms. The van der Waals surface area contributed by atoms with E-state index in [0.29, 0.717) is 4.57 Å². The van der Waals surface area contributed by atoms with Gasteiger partial charge in [-0.15, -0.1) is 0 Å². The summed E-state index contributed by atoms with van der Waals surface area (Å²) < 4.78 is 376. The molecule has 11 rings (SSSR count). The normalized spacial score (nSPS) is 22.8. The zero-order valence-corrected chi connectivity index (χ0v) is 30.4. The predicted octanol–water partition coefficient (Wildman–Crippen LogP) is 15.9. The van der Waals surface area contributed by atoms with Crippen molar-refractivity contribution in [1.29, 1.82) is 0 Å². The largest absolute Gasteiger partial charge is 0.310 e. The number of hydrogen-bond donors (Lipinski definition) is 0. The molecule has 9 aromatic carbocycles. The Morgan fingerprint density at radius 2 is 1.02 bits per heavy atom. The Kier molecular flexibility index (Phi) is 3.07. The standard InChI is InChI=1S/C58H44N2/c1-39-35-51-49-21-10-12-23-53(49)58(2,3)54(51)38-57(39)59(47-32-29-43(30-33-47)42-27-25-41(26-28-42)40-15-6-4-7-16-40)48-20-14-17-44(36-48)45-31-34-56-52(37-45)50-22-11-13-24-55(50)60(56)46-18-8-5-9-19-46/h4-38H,1-3H3/i2D3,3D3,4D,5D,6D,7D,8D,9D,10D,11D,12D,13D,14D,15D,16D,17D,18D,19D,20D,21D,22D,23D,24D,25D,26D,27D,28D,29D,30D,31D,32D,33D,34D,35D,36D,37D,38D. The number of rotatable bonds is 7. The van der Waals surface area contributed by atoms with Gasteiger partial charge in [0.1, 0.15) is 0 Å². The molecule has 0 N–H and O–H groups in total. The number of fused-ring (bicyclic) bond motifs is 6. The SMILES string of the molecule is [2H]c1c([2H])c([2H])c(-c2c([2H])c([2H])c(-c3c([2H])c([2H])c(N(c4c([2H])c([2H])c([2H])c(-c5c([2H])c([2H])c6c(c5[2H])c5c([2H])c([2H])c([2H])c([2H])c5n6-c5c([2H])c([2H])c([2H])c([2H])c5[2H])c4[2H])c4c([2H])c5c(c([2H])c4C)-c4c([2H])c([2H])c([2H])c([2H])c4C5(C([2H])([2H])[2H])C([2H])([2H])[2H])c([2H])c3[2H])c([2H])c2[2H])c([2H])c1[2H]. The summed E-state index contributed by atoms with van der Waals surface area (Å²) in [6.07, 6.45) is 0. The first kappa shape index (κ1) is 13.0. The molecule has 1 aliphatic carbocycles. The van der Waals surface area contributed by atoms with Crippen molar-refractivity contribution in [2.75, 3.05) is 4.90 Å². The fourth-order valence-corrected chi connectivity index (χ4v) is 6.79. The second-order valence-electron chi connectivity index (χ2n) is 13.0. The number of hydrogen-bond acceptors (Lipinski definition) is 1. The van der Waals surface area contributed by atoms with Crippen LogP contribution >= 0.6 is 0 Å². The molecule has 0 amide bonds. The maximum absolute atomic E-state index is 10.3. The minimum absolute atomic E-state index is 0.235. The van der Waals surface area contributed by atoms with E-state index in [2.05, 4.69) is 0 Å². The number of nitrogens with zero attached hydrogens (tertiary/aromatic N) is 2. The van der Waals surface area contributed by atoms with Gasteiger partial charge in [-0.1, -0.05) is 159 Å². The third-order valence-electron chi connectivity index (χ3n) is 9.49. The van der Waals surface area contributed by atoms with Gasteiger partial charge in [0, 0.05) is 47.2 Å². The number of benzene rings is 9. The lowest BCUT2D eigenvalue weighted by Crippen LogP contribution is -2.17. The highest BCUT2D eigenvalue weighted by molar-refractivity contribution is 6.10. The van der Waals surface area contributed by atoms with Crippen molar-refractivity contribution in [1.82, 2.24) is 4.57 Å². The number of aromatic nitrogens is 1. The van der Waals surface area contributed by atoms with Crippen LogP contribution in [0, 0.1) is 6.92 Å². The third kappa shape index (κ3) is 5.87. The smallest absolute Gasteiger partial charge is 0.0651 e. The van der Waals surface area contributed by atoms with E-state index in [0.717, 1.165) is 6.92 Å². The molecule has 0 atom stereocenters. The van der Waals surface area contributed by atoms with E-state index < -0.39 is 336 Å². The minimum atomic E-state index is -4.08. The summed E-state index contributed by atoms with van der Waals surface area (Å²) in [5, 5.41) is -1.54. The van der Waals surface area contributed by atoms with Crippen LogP contribution in [0.5, 0.6) is 0 Å². The summed E-state index contributed by atoms with van der Waals surface area (Å²) in [7, 11) is 0. The van der Waals surface area contributed by atoms with Gasteiger partial charge in [0.05, 0.1) is 59.0 Å². The molecule has 1 aromatic heterocycles. The molecule has 286 valence electrons. The van der Waals surface area contributed by atoms with Crippen molar-refractivity contribution in [2.24, 2.45) is 0 Å². The van der Waals surface area contributed by atoms with Crippen molar-refractivity contribution >= 4 is 38.9 Å². The molecule has 0 spiro atoms. The van der Waals surface area contributed by atoms with Gasteiger partial charge in [-0.3, -0.25) is 0 Å². The lowest BCUT2D eigenvalue weighted by atomic mass is 9.82. The van der Waals surface area contributed by atoms with Gasteiger partial charge >= 0.3 is 0 Å². The van der Waals surface area contributed by atoms with Gasteiger partial charge in [0.25, 0.3) is 0 Å². The zero-order chi connectivity index (χ0) is 75.8. The van der Waals surface area contributed by atoms with E-state index in [4.69, 9.17) is 34.3 Å². The van der Waals surface area contributed by atoms with Crippen molar-refractivity contribution in [3.63, 3.8) is 0 Å². The van der Waals surface area contributed by atoms with Crippen LogP contribution in [-0.2, 0) is 5.41 Å². The van der Waals surface area contributed by atoms with Crippen molar-refractivity contribution in [3.05, 3.63) is 228 Å². The molecule has 2 nitrogen and oxygen atoms in total. The van der Waals surface area contributed by atoms with Crippen LogP contribution < -0.4 is 4.90 Å². The molecule has 2 heteroatoms. The number of para-hydroxylation sites is 2. The predicted molar refractivity (Wildman–Crippen MR) is 254 cm³/mol. The first-order valence-electron chi connectivity index (χ1n) is 38.1. The summed E-state index contributed by atoms with van der Waals surface area (Å²) in [5.41, 5.74) is -21.6. The monoisotopic (exact) mass is 810 g/mol. The molecule has 60 heavy (non-hydrogen) atoms. The van der Waals surface area contributed by atoms with Crippen molar-refractivity contribution < 1.29 is 56.2 Å². The molecule has 0 radical (unpaired) electrons. The molecule has 0 aliphatic heterocycles. The van der Waals surface area contributed by atoms with Gasteiger partial charge in [-0.2, -0.15) is 0 Å². The van der Waals surface area contributed by atoms with Crippen LogP contribution in [0.25, 0.3) is 72.0 Å². The van der Waals surface area contributed by atoms with Crippen LogP contribution in [0.1, 0.15) is 86.6 Å². The van der Waals surface area contributed by atoms with E-state index in [1.807, 2.05) is 0 Å². The van der Waals surface area contributed by atoms with Gasteiger partial charge in [0.2, 0.25) is 0 Å². The topological polar surface area (TPSA) is 8.17 Å². The molecule has 1 aliphatic rings. The highest BCUT2D eigenvalue weighted by Gasteiger charge is 2.36. The van der Waals surface area contributed by atoms with Crippen molar-refractivity contribution in [2.45, 2.75) is 26.0 Å². The van der Waals surface area contributed by atoms with Crippen LogP contribution in [0.3, 0.4) is 0 Å². The maximum atomic E-state index is 10.3. The molecule has 0 unspecified atom stereocenters. The molecule has 0 saturated heterocycles. The van der Waals surface area contributed by atoms with Gasteiger partial charge in [-0.25, -0.2) is 0 Å². The Labute approximate surface area is 409 Å². The lowest BCUT2D eigenvalue weighted by Gasteiger charge is -2.30. The zero-order valence-electron chi connectivity index (χ0n) is 71.4. The molecular weight excluding hydrogens is 725 g/mol. The molecule has 10 aromatic rings. The van der Waals surface area contributed by atoms with Gasteiger partial charge in [0.15, 0.2) is 0 Å². The molecule has 1 heterocycles. The molecular formula is C58H44N2. The van der Waals surface area contributed by atoms with Crippen LogP contribution in [-0.4, -0.2) is 4.57 Å². The number of anilines is 3.